The van der Waals surface area contributed by atoms with Crippen LogP contribution in [0, 0.1) is 5.82 Å². The van der Waals surface area contributed by atoms with Gasteiger partial charge in [0.25, 0.3) is 5.91 Å². The predicted octanol–water partition coefficient (Wildman–Crippen LogP) is 2.06. The Morgan fingerprint density at radius 2 is 2.21 bits per heavy atom. The number of amides is 1. The first-order valence-electron chi connectivity index (χ1n) is 5.46. The van der Waals surface area contributed by atoms with E-state index < -0.39 is 11.7 Å². The van der Waals surface area contributed by atoms with Crippen molar-refractivity contribution in [3.63, 3.8) is 0 Å². The highest BCUT2D eigenvalue weighted by molar-refractivity contribution is 6.04. The van der Waals surface area contributed by atoms with E-state index in [1.165, 1.54) is 25.4 Å². The zero-order valence-electron chi connectivity index (χ0n) is 10.2. The molecule has 2 rings (SSSR count). The van der Waals surface area contributed by atoms with Crippen LogP contribution >= 0.6 is 0 Å². The Labute approximate surface area is 109 Å². The lowest BCUT2D eigenvalue weighted by molar-refractivity contribution is 0.102. The largest absolute Gasteiger partial charge is 0.495 e. The summed E-state index contributed by atoms with van der Waals surface area (Å²) in [4.78, 5) is 15.4. The molecule has 1 aromatic carbocycles. The Morgan fingerprint density at radius 1 is 1.42 bits per heavy atom. The molecule has 6 heteroatoms. The second-order valence-electron chi connectivity index (χ2n) is 3.77. The minimum Gasteiger partial charge on any atom is -0.495 e. The lowest BCUT2D eigenvalue weighted by atomic mass is 10.2. The number of carbonyl (C=O) groups is 1. The number of nitrogens with zero attached hydrogens (tertiary/aromatic N) is 1. The average Bonchev–Trinajstić information content (AvgIpc) is 2.39. The van der Waals surface area contributed by atoms with Crippen LogP contribution in [0.2, 0.25) is 0 Å². The van der Waals surface area contributed by atoms with Gasteiger partial charge in [0.05, 0.1) is 24.6 Å². The van der Waals surface area contributed by atoms with Gasteiger partial charge in [-0.15, -0.1) is 0 Å². The third-order valence-electron chi connectivity index (χ3n) is 2.50. The molecule has 3 N–H and O–H groups in total. The molecule has 1 heterocycles. The molecule has 2 aromatic rings. The van der Waals surface area contributed by atoms with Gasteiger partial charge >= 0.3 is 0 Å². The maximum absolute atomic E-state index is 13.4. The van der Waals surface area contributed by atoms with Gasteiger partial charge in [0, 0.05) is 11.9 Å². The van der Waals surface area contributed by atoms with Gasteiger partial charge in [-0.05, 0) is 24.3 Å². The number of carbonyl (C=O) groups excluding carboxylic acids is 1. The van der Waals surface area contributed by atoms with Crippen molar-refractivity contribution in [1.82, 2.24) is 4.98 Å². The summed E-state index contributed by atoms with van der Waals surface area (Å²) in [6.07, 6.45) is 2.33. The number of hydrogen-bond acceptors (Lipinski definition) is 4. The average molecular weight is 261 g/mol. The zero-order valence-corrected chi connectivity index (χ0v) is 10.2. The molecule has 1 aromatic heterocycles. The van der Waals surface area contributed by atoms with Crippen molar-refractivity contribution < 1.29 is 13.9 Å². The Hall–Kier alpha value is -2.63. The number of anilines is 2. The Bertz CT molecular complexity index is 617. The maximum atomic E-state index is 13.4. The molecule has 19 heavy (non-hydrogen) atoms. The zero-order chi connectivity index (χ0) is 13.8. The number of benzene rings is 1. The second kappa shape index (κ2) is 5.34. The summed E-state index contributed by atoms with van der Waals surface area (Å²) in [5.41, 5.74) is 6.48. The molecule has 0 fully saturated rings. The van der Waals surface area contributed by atoms with Crippen LogP contribution in [0.4, 0.5) is 15.8 Å². The fourth-order valence-corrected chi connectivity index (χ4v) is 1.57. The van der Waals surface area contributed by atoms with Crippen molar-refractivity contribution in [3.05, 3.63) is 48.0 Å². The molecule has 0 bridgehead atoms. The van der Waals surface area contributed by atoms with Gasteiger partial charge in [-0.25, -0.2) is 4.39 Å². The number of methoxy groups -OCH3 is 1. The topological polar surface area (TPSA) is 77.2 Å². The number of halogens is 1. The minimum absolute atomic E-state index is 0.0793. The number of nitrogen functional groups attached to an aromatic ring is 1. The molecule has 98 valence electrons. The summed E-state index contributed by atoms with van der Waals surface area (Å²) < 4.78 is 18.4. The summed E-state index contributed by atoms with van der Waals surface area (Å²) in [5, 5.41) is 2.55. The lowest BCUT2D eigenvalue weighted by Crippen LogP contribution is -2.14. The fraction of sp³-hybridized carbons (Fsp3) is 0.0769. The van der Waals surface area contributed by atoms with E-state index in [9.17, 15) is 9.18 Å². The first-order valence-corrected chi connectivity index (χ1v) is 5.46. The van der Waals surface area contributed by atoms with Crippen LogP contribution in [0.5, 0.6) is 5.75 Å². The van der Waals surface area contributed by atoms with Gasteiger partial charge in [0.1, 0.15) is 5.75 Å². The monoisotopic (exact) mass is 261 g/mol. The number of rotatable bonds is 3. The van der Waals surface area contributed by atoms with Crippen molar-refractivity contribution in [2.45, 2.75) is 0 Å². The lowest BCUT2D eigenvalue weighted by Gasteiger charge is -2.09. The van der Waals surface area contributed by atoms with Crippen LogP contribution < -0.4 is 15.8 Å². The predicted molar refractivity (Wildman–Crippen MR) is 69.6 cm³/mol. The quantitative estimate of drug-likeness (QED) is 0.829. The van der Waals surface area contributed by atoms with Gasteiger partial charge < -0.3 is 15.8 Å². The van der Waals surface area contributed by atoms with Gasteiger partial charge in [-0.1, -0.05) is 0 Å². The standard InChI is InChI=1S/C13H12FN3O2/c1-19-12-3-2-8(6-11(12)15)17-13(18)9-4-5-16-7-10(9)14/h2-7H,15H2,1H3,(H,17,18). The normalized spacial score (nSPS) is 10.0. The molecule has 0 aliphatic rings. The number of aromatic nitrogens is 1. The molecule has 0 radical (unpaired) electrons. The SMILES string of the molecule is COc1ccc(NC(=O)c2ccncc2F)cc1N. The third-order valence-corrected chi connectivity index (χ3v) is 2.50. The highest BCUT2D eigenvalue weighted by Crippen LogP contribution is 2.24. The van der Waals surface area contributed by atoms with Crippen molar-refractivity contribution in [2.24, 2.45) is 0 Å². The molecular formula is C13H12FN3O2. The van der Waals surface area contributed by atoms with E-state index in [-0.39, 0.29) is 5.56 Å². The highest BCUT2D eigenvalue weighted by Gasteiger charge is 2.12. The summed E-state index contributed by atoms with van der Waals surface area (Å²) in [6, 6.07) is 6.08. The van der Waals surface area contributed by atoms with E-state index in [1.807, 2.05) is 0 Å². The molecule has 1 amide bonds. The molecule has 0 saturated heterocycles. The van der Waals surface area contributed by atoms with Crippen LogP contribution in [0.3, 0.4) is 0 Å². The Morgan fingerprint density at radius 3 is 2.84 bits per heavy atom. The number of pyridine rings is 1. The van der Waals surface area contributed by atoms with E-state index >= 15 is 0 Å². The van der Waals surface area contributed by atoms with E-state index in [0.717, 1.165) is 6.20 Å². The van der Waals surface area contributed by atoms with E-state index in [0.29, 0.717) is 17.1 Å². The molecule has 5 nitrogen and oxygen atoms in total. The van der Waals surface area contributed by atoms with E-state index in [2.05, 4.69) is 10.3 Å². The van der Waals surface area contributed by atoms with Crippen LogP contribution in [-0.4, -0.2) is 18.0 Å². The molecule has 0 aliphatic heterocycles. The Balaban J connectivity index is 2.20. The van der Waals surface area contributed by atoms with Gasteiger partial charge in [0.15, 0.2) is 5.82 Å². The minimum atomic E-state index is -0.679. The number of ether oxygens (including phenoxy) is 1. The van der Waals surface area contributed by atoms with Crippen LogP contribution in [0.1, 0.15) is 10.4 Å². The molecular weight excluding hydrogens is 249 g/mol. The van der Waals surface area contributed by atoms with Crippen molar-refractivity contribution >= 4 is 17.3 Å². The number of hydrogen-bond donors (Lipinski definition) is 2. The maximum Gasteiger partial charge on any atom is 0.258 e. The van der Waals surface area contributed by atoms with Crippen LogP contribution in [-0.2, 0) is 0 Å². The second-order valence-corrected chi connectivity index (χ2v) is 3.77. The third kappa shape index (κ3) is 2.79. The van der Waals surface area contributed by atoms with Crippen molar-refractivity contribution in [3.8, 4) is 5.75 Å². The molecule has 0 unspecified atom stereocenters. The fourth-order valence-electron chi connectivity index (χ4n) is 1.57. The summed E-state index contributed by atoms with van der Waals surface area (Å²) in [5.74, 6) is -0.737. The summed E-state index contributed by atoms with van der Waals surface area (Å²) in [6.45, 7) is 0. The number of nitrogens with two attached hydrogens (primary N) is 1. The molecule has 0 saturated carbocycles. The summed E-state index contributed by atoms with van der Waals surface area (Å²) >= 11 is 0. The molecule has 0 spiro atoms. The first-order chi connectivity index (χ1) is 9.11. The van der Waals surface area contributed by atoms with Gasteiger partial charge in [-0.2, -0.15) is 0 Å². The molecule has 0 atom stereocenters. The van der Waals surface area contributed by atoms with E-state index in [1.54, 1.807) is 12.1 Å². The van der Waals surface area contributed by atoms with Crippen LogP contribution in [0.25, 0.3) is 0 Å². The number of nitrogens with one attached hydrogen (secondary N) is 1. The highest BCUT2D eigenvalue weighted by atomic mass is 19.1. The van der Waals surface area contributed by atoms with Crippen LogP contribution in [0.15, 0.2) is 36.7 Å². The first kappa shape index (κ1) is 12.8. The van der Waals surface area contributed by atoms with Crippen molar-refractivity contribution in [2.75, 3.05) is 18.2 Å². The molecule has 0 aliphatic carbocycles. The Kier molecular flexibility index (Phi) is 3.61. The summed E-state index contributed by atoms with van der Waals surface area (Å²) in [7, 11) is 1.50. The van der Waals surface area contributed by atoms with Gasteiger partial charge in [0.2, 0.25) is 0 Å². The van der Waals surface area contributed by atoms with Crippen molar-refractivity contribution in [1.29, 1.82) is 0 Å². The van der Waals surface area contributed by atoms with Gasteiger partial charge in [-0.3, -0.25) is 9.78 Å². The smallest absolute Gasteiger partial charge is 0.258 e. The van der Waals surface area contributed by atoms with E-state index in [4.69, 9.17) is 10.5 Å².